The maximum absolute atomic E-state index is 9.11. The van der Waals surface area contributed by atoms with Crippen molar-refractivity contribution >= 4 is 15.9 Å². The summed E-state index contributed by atoms with van der Waals surface area (Å²) < 4.78 is 6.87. The van der Waals surface area contributed by atoms with E-state index in [0.717, 1.165) is 32.7 Å². The Morgan fingerprint density at radius 2 is 1.74 bits per heavy atom. The quantitative estimate of drug-likeness (QED) is 0.891. The molecule has 100 valence electrons. The molecule has 0 aliphatic carbocycles. The van der Waals surface area contributed by atoms with E-state index < -0.39 is 0 Å². The van der Waals surface area contributed by atoms with Gasteiger partial charge in [0.25, 0.3) is 0 Å². The van der Waals surface area contributed by atoms with Crippen molar-refractivity contribution in [3.63, 3.8) is 0 Å². The van der Waals surface area contributed by atoms with Gasteiger partial charge in [-0.2, -0.15) is 0 Å². The van der Waals surface area contributed by atoms with Crippen molar-refractivity contribution in [1.29, 1.82) is 0 Å². The molecule has 0 amide bonds. The molecule has 0 saturated heterocycles. The summed E-state index contributed by atoms with van der Waals surface area (Å²) in [4.78, 5) is 0. The van der Waals surface area contributed by atoms with Gasteiger partial charge in [0, 0.05) is 0 Å². The molecule has 3 heteroatoms. The number of halogens is 1. The molecular weight excluding hydrogens is 304 g/mol. The van der Waals surface area contributed by atoms with Crippen LogP contribution in [0.2, 0.25) is 0 Å². The van der Waals surface area contributed by atoms with Crippen molar-refractivity contribution < 1.29 is 9.84 Å². The van der Waals surface area contributed by atoms with E-state index in [-0.39, 0.29) is 6.61 Å². The fourth-order valence-corrected chi connectivity index (χ4v) is 2.43. The molecule has 0 bridgehead atoms. The van der Waals surface area contributed by atoms with Gasteiger partial charge >= 0.3 is 0 Å². The molecule has 0 unspecified atom stereocenters. The van der Waals surface area contributed by atoms with Crippen molar-refractivity contribution in [3.05, 3.63) is 57.1 Å². The van der Waals surface area contributed by atoms with Gasteiger partial charge in [-0.15, -0.1) is 0 Å². The van der Waals surface area contributed by atoms with Gasteiger partial charge in [0.2, 0.25) is 0 Å². The Labute approximate surface area is 122 Å². The number of aliphatic hydroxyl groups excluding tert-OH is 1. The third-order valence-electron chi connectivity index (χ3n) is 3.26. The van der Waals surface area contributed by atoms with Gasteiger partial charge in [0.05, 0.1) is 11.1 Å². The summed E-state index contributed by atoms with van der Waals surface area (Å²) in [6, 6.07) is 9.77. The summed E-state index contributed by atoms with van der Waals surface area (Å²) >= 11 is 3.48. The second-order valence-electron chi connectivity index (χ2n) is 4.68. The van der Waals surface area contributed by atoms with Gasteiger partial charge in [-0.1, -0.05) is 18.2 Å². The molecule has 0 atom stereocenters. The van der Waals surface area contributed by atoms with Gasteiger partial charge in [0.1, 0.15) is 11.5 Å². The van der Waals surface area contributed by atoms with Crippen LogP contribution in [-0.4, -0.2) is 5.11 Å². The van der Waals surface area contributed by atoms with Crippen LogP contribution in [0, 0.1) is 20.8 Å². The van der Waals surface area contributed by atoms with Crippen LogP contribution in [-0.2, 0) is 6.61 Å². The van der Waals surface area contributed by atoms with E-state index in [4.69, 9.17) is 9.84 Å². The lowest BCUT2D eigenvalue weighted by atomic mass is 10.1. The first-order valence-electron chi connectivity index (χ1n) is 6.17. The summed E-state index contributed by atoms with van der Waals surface area (Å²) in [6.07, 6.45) is 0. The first-order chi connectivity index (χ1) is 9.02. The zero-order valence-corrected chi connectivity index (χ0v) is 12.9. The number of aryl methyl sites for hydroxylation is 2. The number of hydrogen-bond acceptors (Lipinski definition) is 2. The van der Waals surface area contributed by atoms with E-state index in [1.807, 2.05) is 25.1 Å². The molecule has 2 aromatic rings. The largest absolute Gasteiger partial charge is 0.456 e. The van der Waals surface area contributed by atoms with E-state index in [9.17, 15) is 0 Å². The minimum atomic E-state index is 0.0291. The van der Waals surface area contributed by atoms with Crippen LogP contribution in [0.25, 0.3) is 0 Å². The normalized spacial score (nSPS) is 10.6. The second kappa shape index (κ2) is 5.76. The molecule has 0 aliphatic heterocycles. The molecule has 2 aromatic carbocycles. The molecule has 0 fully saturated rings. The Morgan fingerprint density at radius 3 is 2.37 bits per heavy atom. The maximum Gasteiger partial charge on any atom is 0.141 e. The van der Waals surface area contributed by atoms with Crippen molar-refractivity contribution in [3.8, 4) is 11.5 Å². The van der Waals surface area contributed by atoms with Crippen LogP contribution in [0.3, 0.4) is 0 Å². The zero-order valence-electron chi connectivity index (χ0n) is 11.3. The lowest BCUT2D eigenvalue weighted by Crippen LogP contribution is -1.94. The third kappa shape index (κ3) is 2.99. The van der Waals surface area contributed by atoms with Gasteiger partial charge in [-0.25, -0.2) is 0 Å². The van der Waals surface area contributed by atoms with Gasteiger partial charge in [-0.05, 0) is 71.1 Å². The van der Waals surface area contributed by atoms with Crippen LogP contribution >= 0.6 is 15.9 Å². The fourth-order valence-electron chi connectivity index (χ4n) is 1.92. The average Bonchev–Trinajstić information content (AvgIpc) is 2.40. The monoisotopic (exact) mass is 320 g/mol. The van der Waals surface area contributed by atoms with E-state index >= 15 is 0 Å². The molecule has 0 spiro atoms. The van der Waals surface area contributed by atoms with E-state index in [1.165, 1.54) is 5.56 Å². The summed E-state index contributed by atoms with van der Waals surface area (Å²) in [5, 5.41) is 9.11. The Morgan fingerprint density at radius 1 is 1.05 bits per heavy atom. The molecule has 2 nitrogen and oxygen atoms in total. The number of aliphatic hydroxyl groups is 1. The maximum atomic E-state index is 9.11. The first kappa shape index (κ1) is 14.1. The topological polar surface area (TPSA) is 29.5 Å². The predicted octanol–water partition coefficient (Wildman–Crippen LogP) is 4.66. The minimum Gasteiger partial charge on any atom is -0.456 e. The Hall–Kier alpha value is -1.32. The van der Waals surface area contributed by atoms with E-state index in [2.05, 4.69) is 41.9 Å². The summed E-state index contributed by atoms with van der Waals surface area (Å²) in [7, 11) is 0. The highest BCUT2D eigenvalue weighted by molar-refractivity contribution is 9.10. The fraction of sp³-hybridized carbons (Fsp3) is 0.250. The van der Waals surface area contributed by atoms with E-state index in [1.54, 1.807) is 0 Å². The van der Waals surface area contributed by atoms with Crippen LogP contribution in [0.15, 0.2) is 34.8 Å². The number of rotatable bonds is 3. The molecule has 0 saturated carbocycles. The highest BCUT2D eigenvalue weighted by Crippen LogP contribution is 2.35. The summed E-state index contributed by atoms with van der Waals surface area (Å²) in [6.45, 7) is 6.21. The second-order valence-corrected chi connectivity index (χ2v) is 5.53. The zero-order chi connectivity index (χ0) is 14.0. The highest BCUT2D eigenvalue weighted by atomic mass is 79.9. The highest BCUT2D eigenvalue weighted by Gasteiger charge is 2.10. The van der Waals surface area contributed by atoms with Crippen LogP contribution in [0.4, 0.5) is 0 Å². The molecule has 0 radical (unpaired) electrons. The molecule has 2 rings (SSSR count). The number of hydrogen-bond donors (Lipinski definition) is 1. The SMILES string of the molecule is Cc1ccc(C)c(Oc2ccc(CO)cc2Br)c1C. The summed E-state index contributed by atoms with van der Waals surface area (Å²) in [5.41, 5.74) is 4.33. The van der Waals surface area contributed by atoms with Crippen molar-refractivity contribution in [1.82, 2.24) is 0 Å². The van der Waals surface area contributed by atoms with E-state index in [0.29, 0.717) is 0 Å². The van der Waals surface area contributed by atoms with Gasteiger partial charge in [0.15, 0.2) is 0 Å². The minimum absolute atomic E-state index is 0.0291. The first-order valence-corrected chi connectivity index (χ1v) is 6.96. The molecular formula is C16H17BrO2. The Bertz CT molecular complexity index is 606. The Balaban J connectivity index is 2.39. The predicted molar refractivity (Wildman–Crippen MR) is 80.8 cm³/mol. The Kier molecular flexibility index (Phi) is 4.27. The molecule has 0 aromatic heterocycles. The van der Waals surface area contributed by atoms with Crippen LogP contribution < -0.4 is 4.74 Å². The molecule has 19 heavy (non-hydrogen) atoms. The van der Waals surface area contributed by atoms with Crippen molar-refractivity contribution in [2.45, 2.75) is 27.4 Å². The number of ether oxygens (including phenoxy) is 1. The standard InChI is InChI=1S/C16H17BrO2/c1-10-4-5-11(2)16(12(10)3)19-15-7-6-13(9-18)8-14(15)17/h4-8,18H,9H2,1-3H3. The average molecular weight is 321 g/mol. The lowest BCUT2D eigenvalue weighted by molar-refractivity contribution is 0.281. The number of benzene rings is 2. The molecule has 1 N–H and O–H groups in total. The van der Waals surface area contributed by atoms with Gasteiger partial charge in [-0.3, -0.25) is 0 Å². The molecule has 0 aliphatic rings. The summed E-state index contributed by atoms with van der Waals surface area (Å²) in [5.74, 6) is 1.66. The van der Waals surface area contributed by atoms with Crippen LogP contribution in [0.5, 0.6) is 11.5 Å². The molecule has 0 heterocycles. The smallest absolute Gasteiger partial charge is 0.141 e. The van der Waals surface area contributed by atoms with Crippen molar-refractivity contribution in [2.75, 3.05) is 0 Å². The van der Waals surface area contributed by atoms with Crippen LogP contribution in [0.1, 0.15) is 22.3 Å². The lowest BCUT2D eigenvalue weighted by Gasteiger charge is -2.15. The third-order valence-corrected chi connectivity index (χ3v) is 3.88. The van der Waals surface area contributed by atoms with Gasteiger partial charge < -0.3 is 9.84 Å². The van der Waals surface area contributed by atoms with Crippen molar-refractivity contribution in [2.24, 2.45) is 0 Å².